The van der Waals surface area contributed by atoms with Crippen molar-refractivity contribution in [2.45, 2.75) is 44.6 Å². The van der Waals surface area contributed by atoms with Crippen molar-refractivity contribution in [3.63, 3.8) is 0 Å². The molecule has 0 aromatic carbocycles. The molecule has 0 aliphatic heterocycles. The summed E-state index contributed by atoms with van der Waals surface area (Å²) in [6.45, 7) is 0. The van der Waals surface area contributed by atoms with E-state index >= 15 is 0 Å². The first-order valence-corrected chi connectivity index (χ1v) is 6.95. The first-order valence-electron chi connectivity index (χ1n) is 6.95. The van der Waals surface area contributed by atoms with Gasteiger partial charge in [0.1, 0.15) is 5.69 Å². The molecular weight excluding hydrogens is 240 g/mol. The van der Waals surface area contributed by atoms with Crippen molar-refractivity contribution in [1.82, 2.24) is 9.78 Å². The van der Waals surface area contributed by atoms with Crippen molar-refractivity contribution < 1.29 is 9.21 Å². The van der Waals surface area contributed by atoms with Gasteiger partial charge in [-0.05, 0) is 18.9 Å². The third-order valence-electron chi connectivity index (χ3n) is 3.88. The zero-order valence-electron chi connectivity index (χ0n) is 10.9. The summed E-state index contributed by atoms with van der Waals surface area (Å²) in [5.74, 6) is 0. The van der Waals surface area contributed by atoms with E-state index in [1.54, 1.807) is 12.5 Å². The van der Waals surface area contributed by atoms with E-state index in [4.69, 9.17) is 4.42 Å². The zero-order chi connectivity index (χ0) is 13.1. The van der Waals surface area contributed by atoms with Gasteiger partial charge in [-0.1, -0.05) is 25.7 Å². The molecule has 1 saturated carbocycles. The van der Waals surface area contributed by atoms with Crippen molar-refractivity contribution in [2.24, 2.45) is 0 Å². The van der Waals surface area contributed by atoms with Gasteiger partial charge < -0.3 is 4.42 Å². The Morgan fingerprint density at radius 1 is 1.26 bits per heavy atom. The molecule has 1 aliphatic carbocycles. The largest absolute Gasteiger partial charge is 0.472 e. The van der Waals surface area contributed by atoms with Gasteiger partial charge in [0.05, 0.1) is 24.1 Å². The summed E-state index contributed by atoms with van der Waals surface area (Å²) < 4.78 is 7.06. The second kappa shape index (κ2) is 5.43. The van der Waals surface area contributed by atoms with Crippen molar-refractivity contribution >= 4 is 6.29 Å². The Kier molecular flexibility index (Phi) is 3.49. The fraction of sp³-hybridized carbons (Fsp3) is 0.467. The van der Waals surface area contributed by atoms with Gasteiger partial charge in [-0.3, -0.25) is 9.48 Å². The highest BCUT2D eigenvalue weighted by atomic mass is 16.3. The molecule has 2 aromatic rings. The Morgan fingerprint density at radius 2 is 2.05 bits per heavy atom. The maximum absolute atomic E-state index is 11.2. The lowest BCUT2D eigenvalue weighted by atomic mass is 10.1. The molecule has 4 heteroatoms. The summed E-state index contributed by atoms with van der Waals surface area (Å²) in [6.07, 6.45) is 13.4. The van der Waals surface area contributed by atoms with Crippen molar-refractivity contribution in [3.05, 3.63) is 30.4 Å². The highest BCUT2D eigenvalue weighted by molar-refractivity contribution is 5.85. The summed E-state index contributed by atoms with van der Waals surface area (Å²) in [4.78, 5) is 11.2. The number of carbonyl (C=O) groups excluding carboxylic acids is 1. The number of nitrogens with zero attached hydrogens (tertiary/aromatic N) is 2. The molecule has 0 spiro atoms. The van der Waals surface area contributed by atoms with Crippen molar-refractivity contribution in [2.75, 3.05) is 0 Å². The summed E-state index contributed by atoms with van der Waals surface area (Å²) >= 11 is 0. The summed E-state index contributed by atoms with van der Waals surface area (Å²) in [7, 11) is 0. The molecule has 0 amide bonds. The lowest BCUT2D eigenvalue weighted by Crippen LogP contribution is -2.08. The molecule has 0 atom stereocenters. The van der Waals surface area contributed by atoms with Gasteiger partial charge in [0, 0.05) is 11.8 Å². The molecule has 2 heterocycles. The van der Waals surface area contributed by atoms with Crippen LogP contribution >= 0.6 is 0 Å². The fourth-order valence-corrected chi connectivity index (χ4v) is 2.82. The van der Waals surface area contributed by atoms with Crippen LogP contribution in [0.2, 0.25) is 0 Å². The number of furan rings is 1. The third-order valence-corrected chi connectivity index (χ3v) is 3.88. The normalized spacial score (nSPS) is 17.3. The number of rotatable bonds is 3. The number of hydrogen-bond donors (Lipinski definition) is 0. The molecule has 2 aromatic heterocycles. The van der Waals surface area contributed by atoms with Crippen LogP contribution in [0.3, 0.4) is 0 Å². The molecule has 100 valence electrons. The number of aldehydes is 1. The molecule has 0 bridgehead atoms. The Bertz CT molecular complexity index is 535. The van der Waals surface area contributed by atoms with Crippen LogP contribution < -0.4 is 0 Å². The third kappa shape index (κ3) is 2.48. The minimum absolute atomic E-state index is 0.432. The van der Waals surface area contributed by atoms with Gasteiger partial charge >= 0.3 is 0 Å². The first kappa shape index (κ1) is 12.2. The molecular formula is C15H18N2O2. The van der Waals surface area contributed by atoms with Gasteiger partial charge in [-0.15, -0.1) is 0 Å². The molecule has 1 fully saturated rings. The minimum Gasteiger partial charge on any atom is -0.472 e. The van der Waals surface area contributed by atoms with Crippen LogP contribution in [0.15, 0.2) is 29.2 Å². The van der Waals surface area contributed by atoms with Gasteiger partial charge in [0.25, 0.3) is 0 Å². The van der Waals surface area contributed by atoms with Crippen molar-refractivity contribution in [3.8, 4) is 11.3 Å². The van der Waals surface area contributed by atoms with E-state index in [1.807, 2.05) is 16.9 Å². The van der Waals surface area contributed by atoms with E-state index in [1.165, 1.54) is 25.7 Å². The van der Waals surface area contributed by atoms with E-state index in [2.05, 4.69) is 5.10 Å². The highest BCUT2D eigenvalue weighted by Gasteiger charge is 2.18. The SMILES string of the molecule is O=Cc1cn(C2CCCCCC2)nc1-c1ccoc1. The lowest BCUT2D eigenvalue weighted by Gasteiger charge is -2.14. The number of carbonyl (C=O) groups is 1. The maximum Gasteiger partial charge on any atom is 0.153 e. The Balaban J connectivity index is 1.92. The predicted octanol–water partition coefficient (Wildman–Crippen LogP) is 3.85. The Labute approximate surface area is 112 Å². The Morgan fingerprint density at radius 3 is 2.68 bits per heavy atom. The maximum atomic E-state index is 11.2. The van der Waals surface area contributed by atoms with Gasteiger partial charge in [0.2, 0.25) is 0 Å². The van der Waals surface area contributed by atoms with E-state index in [-0.39, 0.29) is 0 Å². The van der Waals surface area contributed by atoms with E-state index in [0.717, 1.165) is 30.4 Å². The quantitative estimate of drug-likeness (QED) is 0.620. The molecule has 4 nitrogen and oxygen atoms in total. The summed E-state index contributed by atoms with van der Waals surface area (Å²) in [5, 5.41) is 4.61. The first-order chi connectivity index (χ1) is 9.38. The summed E-state index contributed by atoms with van der Waals surface area (Å²) in [5.41, 5.74) is 2.24. The molecule has 0 radical (unpaired) electrons. The predicted molar refractivity (Wildman–Crippen MR) is 72.1 cm³/mol. The monoisotopic (exact) mass is 258 g/mol. The average molecular weight is 258 g/mol. The van der Waals surface area contributed by atoms with Gasteiger partial charge in [-0.25, -0.2) is 0 Å². The second-order valence-corrected chi connectivity index (χ2v) is 5.19. The zero-order valence-corrected chi connectivity index (χ0v) is 10.9. The molecule has 1 aliphatic rings. The van der Waals surface area contributed by atoms with E-state index in [9.17, 15) is 4.79 Å². The van der Waals surface area contributed by atoms with Crippen LogP contribution in [0.5, 0.6) is 0 Å². The fourth-order valence-electron chi connectivity index (χ4n) is 2.82. The number of aromatic nitrogens is 2. The Hall–Kier alpha value is -1.84. The lowest BCUT2D eigenvalue weighted by molar-refractivity contribution is 0.112. The van der Waals surface area contributed by atoms with Crippen molar-refractivity contribution in [1.29, 1.82) is 0 Å². The molecule has 0 unspecified atom stereocenters. The van der Waals surface area contributed by atoms with Crippen LogP contribution in [-0.2, 0) is 0 Å². The number of hydrogen-bond acceptors (Lipinski definition) is 3. The topological polar surface area (TPSA) is 48.0 Å². The minimum atomic E-state index is 0.432. The summed E-state index contributed by atoms with van der Waals surface area (Å²) in [6, 6.07) is 2.27. The van der Waals surface area contributed by atoms with E-state index in [0.29, 0.717) is 11.6 Å². The average Bonchev–Trinajstić information content (AvgIpc) is 3.02. The van der Waals surface area contributed by atoms with E-state index < -0.39 is 0 Å². The van der Waals surface area contributed by atoms with Crippen LogP contribution in [0, 0.1) is 0 Å². The highest BCUT2D eigenvalue weighted by Crippen LogP contribution is 2.29. The van der Waals surface area contributed by atoms with Gasteiger partial charge in [-0.2, -0.15) is 5.10 Å². The van der Waals surface area contributed by atoms with Crippen LogP contribution in [-0.4, -0.2) is 16.1 Å². The molecule has 0 N–H and O–H groups in total. The van der Waals surface area contributed by atoms with Crippen LogP contribution in [0.1, 0.15) is 54.9 Å². The molecule has 19 heavy (non-hydrogen) atoms. The molecule has 3 rings (SSSR count). The van der Waals surface area contributed by atoms with Crippen LogP contribution in [0.25, 0.3) is 11.3 Å². The second-order valence-electron chi connectivity index (χ2n) is 5.19. The standard InChI is InChI=1S/C15H18N2O2/c18-10-13-9-17(14-5-3-1-2-4-6-14)16-15(13)12-7-8-19-11-12/h7-11,14H,1-6H2. The van der Waals surface area contributed by atoms with Gasteiger partial charge in [0.15, 0.2) is 6.29 Å². The van der Waals surface area contributed by atoms with Crippen LogP contribution in [0.4, 0.5) is 0 Å². The molecule has 0 saturated heterocycles. The smallest absolute Gasteiger partial charge is 0.153 e.